The van der Waals surface area contributed by atoms with E-state index < -0.39 is 52.1 Å². The van der Waals surface area contributed by atoms with E-state index in [2.05, 4.69) is 31.0 Å². The number of benzene rings is 3. The van der Waals surface area contributed by atoms with Crippen LogP contribution in [-0.2, 0) is 4.74 Å². The lowest BCUT2D eigenvalue weighted by atomic mass is 9.98. The number of carbonyl (C=O) groups is 3. The number of morpholine rings is 1. The van der Waals surface area contributed by atoms with Crippen molar-refractivity contribution in [1.82, 2.24) is 20.4 Å². The molecular formula is C31H28F4N6O4. The molecule has 0 bridgehead atoms. The zero-order valence-electron chi connectivity index (χ0n) is 23.8. The van der Waals surface area contributed by atoms with E-state index in [1.54, 1.807) is 0 Å². The van der Waals surface area contributed by atoms with Gasteiger partial charge in [0.2, 0.25) is 0 Å². The van der Waals surface area contributed by atoms with Crippen molar-refractivity contribution in [3.05, 3.63) is 101 Å². The Bertz CT molecular complexity index is 1710. The second kappa shape index (κ2) is 14.1. The Labute approximate surface area is 254 Å². The summed E-state index contributed by atoms with van der Waals surface area (Å²) in [6.45, 7) is 4.07. The van der Waals surface area contributed by atoms with Crippen molar-refractivity contribution < 1.29 is 36.7 Å². The van der Waals surface area contributed by atoms with Gasteiger partial charge in [0, 0.05) is 42.0 Å². The van der Waals surface area contributed by atoms with Crippen LogP contribution in [0.1, 0.15) is 37.6 Å². The maximum atomic E-state index is 15.7. The van der Waals surface area contributed by atoms with E-state index in [9.17, 15) is 27.6 Å². The van der Waals surface area contributed by atoms with E-state index in [0.717, 1.165) is 62.2 Å². The van der Waals surface area contributed by atoms with E-state index >= 15 is 4.39 Å². The first kappa shape index (κ1) is 31.3. The molecular weight excluding hydrogens is 596 g/mol. The van der Waals surface area contributed by atoms with Crippen molar-refractivity contribution in [2.75, 3.05) is 50.0 Å². The monoisotopic (exact) mass is 624 g/mol. The molecule has 1 aliphatic rings. The quantitative estimate of drug-likeness (QED) is 0.151. The Morgan fingerprint density at radius 1 is 0.844 bits per heavy atom. The third-order valence-corrected chi connectivity index (χ3v) is 7.09. The van der Waals surface area contributed by atoms with Crippen LogP contribution in [0.5, 0.6) is 0 Å². The Hall–Kier alpha value is -5.08. The van der Waals surface area contributed by atoms with Gasteiger partial charge < -0.3 is 20.7 Å². The summed E-state index contributed by atoms with van der Waals surface area (Å²) in [6, 6.07) is 9.97. The summed E-state index contributed by atoms with van der Waals surface area (Å²) in [5, 5.41) is 13.5. The molecule has 14 heteroatoms. The fourth-order valence-electron chi connectivity index (χ4n) is 4.74. The predicted octanol–water partition coefficient (Wildman–Crippen LogP) is 4.59. The van der Waals surface area contributed by atoms with Crippen LogP contribution >= 0.6 is 0 Å². The molecule has 1 aliphatic heterocycles. The number of rotatable bonds is 10. The van der Waals surface area contributed by atoms with Gasteiger partial charge in [0.15, 0.2) is 0 Å². The van der Waals surface area contributed by atoms with Crippen molar-refractivity contribution in [1.29, 1.82) is 0 Å². The summed E-state index contributed by atoms with van der Waals surface area (Å²) < 4.78 is 63.9. The molecule has 0 atom stereocenters. The maximum Gasteiger partial charge on any atom is 0.275 e. The van der Waals surface area contributed by atoms with Gasteiger partial charge in [0.05, 0.1) is 25.1 Å². The summed E-state index contributed by atoms with van der Waals surface area (Å²) in [7, 11) is 0. The van der Waals surface area contributed by atoms with E-state index in [1.807, 2.05) is 0 Å². The third kappa shape index (κ3) is 7.53. The molecule has 5 rings (SSSR count). The average molecular weight is 625 g/mol. The molecule has 1 aromatic heterocycles. The highest BCUT2D eigenvalue weighted by Crippen LogP contribution is 2.30. The van der Waals surface area contributed by atoms with Crippen LogP contribution in [0.25, 0.3) is 11.1 Å². The highest BCUT2D eigenvalue weighted by molar-refractivity contribution is 6.12. The molecule has 0 unspecified atom stereocenters. The molecule has 3 amide bonds. The minimum atomic E-state index is -1.38. The lowest BCUT2D eigenvalue weighted by molar-refractivity contribution is 0.0374. The second-order valence-electron chi connectivity index (χ2n) is 10.1. The summed E-state index contributed by atoms with van der Waals surface area (Å²) >= 11 is 0. The molecule has 2 heterocycles. The molecule has 0 aliphatic carbocycles. The summed E-state index contributed by atoms with van der Waals surface area (Å²) in [6.07, 6.45) is 1.73. The number of halogens is 4. The molecule has 1 saturated heterocycles. The number of hydrogen-bond donors (Lipinski definition) is 4. The molecule has 4 N–H and O–H groups in total. The first-order valence-corrected chi connectivity index (χ1v) is 14.0. The summed E-state index contributed by atoms with van der Waals surface area (Å²) in [5.41, 5.74) is -2.03. The topological polar surface area (TPSA) is 128 Å². The number of carbonyl (C=O) groups excluding carboxylic acids is 3. The molecule has 234 valence electrons. The SMILES string of the molecule is O=C(NCCCN1CCOCC1)c1ccc(F)c(-c2ccc(F)c(C(=O)Nc3cn[nH]c3C(=O)Nc3ccc(F)cc3)c2F)c1. The number of ether oxygens (including phenoxy) is 1. The summed E-state index contributed by atoms with van der Waals surface area (Å²) in [5.74, 6) is -6.60. The second-order valence-corrected chi connectivity index (χ2v) is 10.1. The molecule has 0 radical (unpaired) electrons. The van der Waals surface area contributed by atoms with Crippen LogP contribution in [-0.4, -0.2) is 72.2 Å². The average Bonchev–Trinajstić information content (AvgIpc) is 3.49. The fourth-order valence-corrected chi connectivity index (χ4v) is 4.74. The van der Waals surface area contributed by atoms with Gasteiger partial charge in [0.25, 0.3) is 17.7 Å². The fraction of sp³-hybridized carbons (Fsp3) is 0.226. The van der Waals surface area contributed by atoms with Gasteiger partial charge in [-0.15, -0.1) is 0 Å². The standard InChI is InChI=1S/C31H28F4N6O4/c32-19-3-5-20(6-4-19)38-31(44)28-25(17-37-40-28)39-30(43)26-24(34)9-7-21(27(26)35)22-16-18(2-8-23(22)33)29(42)36-10-1-11-41-12-14-45-15-13-41/h2-9,16-17H,1,10-15H2,(H,36,42)(H,37,40)(H,38,44)(H,39,43). The van der Waals surface area contributed by atoms with E-state index in [1.165, 1.54) is 18.2 Å². The largest absolute Gasteiger partial charge is 0.379 e. The number of aromatic nitrogens is 2. The minimum absolute atomic E-state index is 0.0442. The van der Waals surface area contributed by atoms with Crippen molar-refractivity contribution in [3.63, 3.8) is 0 Å². The van der Waals surface area contributed by atoms with Crippen LogP contribution in [0.3, 0.4) is 0 Å². The highest BCUT2D eigenvalue weighted by Gasteiger charge is 2.25. The lowest BCUT2D eigenvalue weighted by Crippen LogP contribution is -2.38. The number of aromatic amines is 1. The molecule has 45 heavy (non-hydrogen) atoms. The zero-order chi connectivity index (χ0) is 31.9. The highest BCUT2D eigenvalue weighted by atomic mass is 19.1. The Morgan fingerprint density at radius 2 is 1.58 bits per heavy atom. The van der Waals surface area contributed by atoms with Gasteiger partial charge in [-0.05, 0) is 67.6 Å². The number of nitrogens with one attached hydrogen (secondary N) is 4. The Balaban J connectivity index is 1.30. The number of anilines is 2. The van der Waals surface area contributed by atoms with Crippen molar-refractivity contribution in [3.8, 4) is 11.1 Å². The zero-order valence-corrected chi connectivity index (χ0v) is 23.8. The van der Waals surface area contributed by atoms with Gasteiger partial charge in [0.1, 0.15) is 34.5 Å². The lowest BCUT2D eigenvalue weighted by Gasteiger charge is -2.26. The Kier molecular flexibility index (Phi) is 9.85. The van der Waals surface area contributed by atoms with E-state index in [0.29, 0.717) is 26.2 Å². The van der Waals surface area contributed by atoms with Crippen molar-refractivity contribution in [2.24, 2.45) is 0 Å². The first-order chi connectivity index (χ1) is 21.7. The number of hydrogen-bond acceptors (Lipinski definition) is 6. The first-order valence-electron chi connectivity index (χ1n) is 14.0. The molecule has 1 fully saturated rings. The number of H-pyrrole nitrogens is 1. The molecule has 10 nitrogen and oxygen atoms in total. The summed E-state index contributed by atoms with van der Waals surface area (Å²) in [4.78, 5) is 40.7. The van der Waals surface area contributed by atoms with Crippen molar-refractivity contribution in [2.45, 2.75) is 6.42 Å². The maximum absolute atomic E-state index is 15.7. The van der Waals surface area contributed by atoms with Gasteiger partial charge in [-0.1, -0.05) is 0 Å². The van der Waals surface area contributed by atoms with Crippen LogP contribution in [0.15, 0.2) is 60.8 Å². The molecule has 0 saturated carbocycles. The van der Waals surface area contributed by atoms with E-state index in [-0.39, 0.29) is 28.2 Å². The number of amides is 3. The smallest absolute Gasteiger partial charge is 0.275 e. The van der Waals surface area contributed by atoms with Crippen LogP contribution < -0.4 is 16.0 Å². The van der Waals surface area contributed by atoms with Crippen LogP contribution in [0, 0.1) is 23.3 Å². The predicted molar refractivity (Wildman–Crippen MR) is 157 cm³/mol. The minimum Gasteiger partial charge on any atom is -0.379 e. The van der Waals surface area contributed by atoms with Gasteiger partial charge in [-0.2, -0.15) is 5.10 Å². The van der Waals surface area contributed by atoms with Crippen LogP contribution in [0.4, 0.5) is 28.9 Å². The number of nitrogens with zero attached hydrogens (tertiary/aromatic N) is 2. The molecule has 0 spiro atoms. The third-order valence-electron chi connectivity index (χ3n) is 7.09. The van der Waals surface area contributed by atoms with Gasteiger partial charge in [-0.25, -0.2) is 17.6 Å². The molecule has 3 aromatic carbocycles. The van der Waals surface area contributed by atoms with Gasteiger partial charge >= 0.3 is 0 Å². The van der Waals surface area contributed by atoms with Crippen LogP contribution in [0.2, 0.25) is 0 Å². The van der Waals surface area contributed by atoms with Gasteiger partial charge in [-0.3, -0.25) is 24.4 Å². The normalized spacial score (nSPS) is 13.3. The Morgan fingerprint density at radius 3 is 2.33 bits per heavy atom. The van der Waals surface area contributed by atoms with E-state index in [4.69, 9.17) is 4.74 Å². The van der Waals surface area contributed by atoms with Crippen molar-refractivity contribution >= 4 is 29.1 Å². The molecule has 4 aromatic rings.